The first kappa shape index (κ1) is 11.1. The maximum absolute atomic E-state index is 10.3. The van der Waals surface area contributed by atoms with E-state index < -0.39 is 24.4 Å². The fourth-order valence-electron chi connectivity index (χ4n) is 0.205. The summed E-state index contributed by atoms with van der Waals surface area (Å²) in [6.07, 6.45) is -2.51. The van der Waals surface area contributed by atoms with E-state index in [2.05, 4.69) is 19.2 Å². The van der Waals surface area contributed by atoms with Crippen LogP contribution in [0.5, 0.6) is 0 Å². The molecule has 0 atom stereocenters. The van der Waals surface area contributed by atoms with Crippen LogP contribution in [0.3, 0.4) is 0 Å². The Morgan fingerprint density at radius 1 is 0.917 bits per heavy atom. The fraction of sp³-hybridized carbons (Fsp3) is 0.500. The van der Waals surface area contributed by atoms with Gasteiger partial charge in [0.1, 0.15) is 0 Å². The van der Waals surface area contributed by atoms with Crippen LogP contribution in [0.25, 0.3) is 0 Å². The fourth-order valence-corrected chi connectivity index (χ4v) is 0.383. The number of halogens is 2. The minimum atomic E-state index is -1.25. The van der Waals surface area contributed by atoms with Gasteiger partial charge in [0, 0.05) is 0 Å². The van der Waals surface area contributed by atoms with Gasteiger partial charge in [-0.3, -0.25) is 0 Å². The van der Waals surface area contributed by atoms with Crippen molar-refractivity contribution in [3.63, 3.8) is 0 Å². The molecule has 0 unspecified atom stereocenters. The molecule has 0 saturated heterocycles. The summed E-state index contributed by atoms with van der Waals surface area (Å²) in [6, 6.07) is -0.820. The number of hydrogen-bond acceptors (Lipinski definition) is 6. The Labute approximate surface area is 77.1 Å². The number of hydrogen-bond donors (Lipinski definition) is 0. The van der Waals surface area contributed by atoms with Crippen LogP contribution < -0.4 is 0 Å². The summed E-state index contributed by atoms with van der Waals surface area (Å²) in [6.45, 7) is 0. The van der Waals surface area contributed by atoms with Gasteiger partial charge in [0.15, 0.2) is 12.1 Å². The largest absolute Gasteiger partial charge is 0.551 e. The van der Waals surface area contributed by atoms with Crippen LogP contribution >= 0.6 is 23.2 Å². The zero-order chi connectivity index (χ0) is 9.40. The van der Waals surface area contributed by atoms with Gasteiger partial charge in [0.25, 0.3) is 0 Å². The first-order chi connectivity index (χ1) is 5.70. The average molecular weight is 219 g/mol. The molecular weight excluding hydrogens is 215 g/mol. The first-order valence-electron chi connectivity index (χ1n) is 2.50. The quantitative estimate of drug-likeness (QED) is 0.304. The molecule has 8 heteroatoms. The van der Waals surface area contributed by atoms with Gasteiger partial charge < -0.3 is 9.47 Å². The Morgan fingerprint density at radius 2 is 1.25 bits per heavy atom. The standard InChI is InChI=1S/C4H4Cl2O6/c5-1-9-3(7)11-12-4(8)10-2-6/h1-2H2. The predicted octanol–water partition coefficient (Wildman–Crippen LogP) is 1.60. The molecule has 0 aromatic carbocycles. The molecule has 0 fully saturated rings. The van der Waals surface area contributed by atoms with E-state index in [-0.39, 0.29) is 0 Å². The highest BCUT2D eigenvalue weighted by atomic mass is 35.5. The number of rotatable bonds is 2. The minimum absolute atomic E-state index is 0.410. The van der Waals surface area contributed by atoms with Gasteiger partial charge >= 0.3 is 12.3 Å². The van der Waals surface area contributed by atoms with Crippen molar-refractivity contribution in [2.45, 2.75) is 0 Å². The van der Waals surface area contributed by atoms with Gasteiger partial charge in [-0.25, -0.2) is 0 Å². The summed E-state index contributed by atoms with van der Waals surface area (Å²) in [5, 5.41) is 0. The molecule has 0 spiro atoms. The molecule has 0 N–H and O–H groups in total. The van der Waals surface area contributed by atoms with Crippen LogP contribution in [0.15, 0.2) is 0 Å². The summed E-state index contributed by atoms with van der Waals surface area (Å²) in [5.74, 6) is 0. The Morgan fingerprint density at radius 3 is 1.50 bits per heavy atom. The van der Waals surface area contributed by atoms with Crippen LogP contribution in [0.2, 0.25) is 0 Å². The molecule has 0 aromatic rings. The van der Waals surface area contributed by atoms with Gasteiger partial charge in [0.05, 0.1) is 0 Å². The van der Waals surface area contributed by atoms with Gasteiger partial charge in [-0.05, 0) is 0 Å². The zero-order valence-corrected chi connectivity index (χ0v) is 7.13. The van der Waals surface area contributed by atoms with Crippen molar-refractivity contribution in [2.75, 3.05) is 12.1 Å². The number of alkyl halides is 2. The average Bonchev–Trinajstić information content (AvgIpc) is 2.02. The molecule has 0 aliphatic carbocycles. The van der Waals surface area contributed by atoms with E-state index in [9.17, 15) is 9.59 Å². The molecule has 0 rings (SSSR count). The third-order valence-corrected chi connectivity index (χ3v) is 0.741. The highest BCUT2D eigenvalue weighted by Crippen LogP contribution is 1.92. The molecule has 0 heterocycles. The zero-order valence-electron chi connectivity index (χ0n) is 5.62. The summed E-state index contributed by atoms with van der Waals surface area (Å²) < 4.78 is 8.02. The van der Waals surface area contributed by atoms with Crippen LogP contribution in [-0.2, 0) is 19.2 Å². The Balaban J connectivity index is 3.40. The van der Waals surface area contributed by atoms with Gasteiger partial charge in [-0.2, -0.15) is 19.4 Å². The molecule has 0 aliphatic rings. The number of ether oxygens (including phenoxy) is 2. The third kappa shape index (κ3) is 5.87. The van der Waals surface area contributed by atoms with Crippen molar-refractivity contribution >= 4 is 35.5 Å². The maximum atomic E-state index is 10.3. The molecule has 12 heavy (non-hydrogen) atoms. The first-order valence-corrected chi connectivity index (χ1v) is 3.57. The smallest absolute Gasteiger partial charge is 0.415 e. The SMILES string of the molecule is O=C(OCCl)OOC(=O)OCCl. The number of carbonyl (C=O) groups excluding carboxylic acids is 2. The lowest BCUT2D eigenvalue weighted by Crippen LogP contribution is -2.12. The van der Waals surface area contributed by atoms with Crippen LogP contribution in [0, 0.1) is 0 Å². The lowest BCUT2D eigenvalue weighted by Gasteiger charge is -2.00. The van der Waals surface area contributed by atoms with Crippen molar-refractivity contribution in [3.8, 4) is 0 Å². The molecule has 0 bridgehead atoms. The second kappa shape index (κ2) is 6.81. The normalized spacial score (nSPS) is 8.50. The highest BCUT2D eigenvalue weighted by Gasteiger charge is 2.10. The van der Waals surface area contributed by atoms with E-state index >= 15 is 0 Å². The lowest BCUT2D eigenvalue weighted by atomic mass is 11.3. The van der Waals surface area contributed by atoms with Crippen LogP contribution in [0.1, 0.15) is 0 Å². The van der Waals surface area contributed by atoms with Crippen molar-refractivity contribution in [3.05, 3.63) is 0 Å². The number of carbonyl (C=O) groups is 2. The second-order valence-electron chi connectivity index (χ2n) is 1.17. The molecule has 0 radical (unpaired) electrons. The summed E-state index contributed by atoms with van der Waals surface area (Å²) in [5.41, 5.74) is 0. The lowest BCUT2D eigenvalue weighted by molar-refractivity contribution is -0.214. The molecule has 70 valence electrons. The summed E-state index contributed by atoms with van der Waals surface area (Å²) in [7, 11) is 0. The van der Waals surface area contributed by atoms with Crippen molar-refractivity contribution in [2.24, 2.45) is 0 Å². The molecule has 0 saturated carbocycles. The highest BCUT2D eigenvalue weighted by molar-refractivity contribution is 6.17. The molecular formula is C4H4Cl2O6. The third-order valence-electron chi connectivity index (χ3n) is 0.523. The van der Waals surface area contributed by atoms with Gasteiger partial charge in [-0.1, -0.05) is 23.2 Å². The van der Waals surface area contributed by atoms with Crippen LogP contribution in [0.4, 0.5) is 9.59 Å². The Bertz CT molecular complexity index is 142. The Kier molecular flexibility index (Phi) is 6.31. The van der Waals surface area contributed by atoms with Crippen molar-refractivity contribution in [1.82, 2.24) is 0 Å². The Hall–Kier alpha value is -0.880. The maximum Gasteiger partial charge on any atom is 0.551 e. The second-order valence-corrected chi connectivity index (χ2v) is 1.61. The molecule has 0 aliphatic heterocycles. The molecule has 0 amide bonds. The summed E-state index contributed by atoms with van der Waals surface area (Å²) in [4.78, 5) is 28.0. The van der Waals surface area contributed by atoms with E-state index in [4.69, 9.17) is 23.2 Å². The van der Waals surface area contributed by atoms with E-state index in [1.807, 2.05) is 0 Å². The van der Waals surface area contributed by atoms with Crippen molar-refractivity contribution < 1.29 is 28.8 Å². The topological polar surface area (TPSA) is 71.1 Å². The van der Waals surface area contributed by atoms with E-state index in [0.29, 0.717) is 0 Å². The van der Waals surface area contributed by atoms with Gasteiger partial charge in [-0.15, -0.1) is 0 Å². The van der Waals surface area contributed by atoms with E-state index in [0.717, 1.165) is 0 Å². The van der Waals surface area contributed by atoms with Crippen molar-refractivity contribution in [1.29, 1.82) is 0 Å². The van der Waals surface area contributed by atoms with E-state index in [1.54, 1.807) is 0 Å². The monoisotopic (exact) mass is 218 g/mol. The van der Waals surface area contributed by atoms with E-state index in [1.165, 1.54) is 0 Å². The minimum Gasteiger partial charge on any atom is -0.415 e. The molecule has 6 nitrogen and oxygen atoms in total. The van der Waals surface area contributed by atoms with Crippen LogP contribution in [-0.4, -0.2) is 24.4 Å². The summed E-state index contributed by atoms with van der Waals surface area (Å²) >= 11 is 9.91. The predicted molar refractivity (Wildman–Crippen MR) is 36.6 cm³/mol. The van der Waals surface area contributed by atoms with Gasteiger partial charge in [0.2, 0.25) is 0 Å². The molecule has 0 aromatic heterocycles.